The lowest BCUT2D eigenvalue weighted by molar-refractivity contribution is -0.139. The largest absolute Gasteiger partial charge is 0.417 e. The first-order chi connectivity index (χ1) is 8.42. The molecule has 6 heteroatoms. The molecule has 0 radical (unpaired) electrons. The molecule has 0 aliphatic carbocycles. The summed E-state index contributed by atoms with van der Waals surface area (Å²) >= 11 is 0. The van der Waals surface area contributed by atoms with Gasteiger partial charge in [-0.25, -0.2) is 8.93 Å². The summed E-state index contributed by atoms with van der Waals surface area (Å²) in [5.74, 6) is 0. The third-order valence-electron chi connectivity index (χ3n) is 2.31. The predicted molar refractivity (Wildman–Crippen MR) is 70.2 cm³/mol. The van der Waals surface area contributed by atoms with E-state index in [1.165, 1.54) is 0 Å². The van der Waals surface area contributed by atoms with Gasteiger partial charge in [-0.05, 0) is 46.2 Å². The third kappa shape index (κ3) is 4.31. The van der Waals surface area contributed by atoms with Crippen LogP contribution in [0.2, 0.25) is 0 Å². The average Bonchev–Trinajstić information content (AvgIpc) is 2.11. The molecule has 2 nitrogen and oxygen atoms in total. The van der Waals surface area contributed by atoms with Crippen LogP contribution < -0.4 is 4.72 Å². The average molecular weight is 293 g/mol. The molecule has 0 aromatic heterocycles. The van der Waals surface area contributed by atoms with Gasteiger partial charge in [-0.3, -0.25) is 0 Å². The fourth-order valence-corrected chi connectivity index (χ4v) is 3.12. The zero-order chi connectivity index (χ0) is 15.0. The summed E-state index contributed by atoms with van der Waals surface area (Å²) < 4.78 is 54.0. The molecule has 0 saturated carbocycles. The zero-order valence-corrected chi connectivity index (χ0v) is 12.4. The quantitative estimate of drug-likeness (QED) is 0.884. The molecule has 0 bridgehead atoms. The number of aryl methyl sites for hydroxylation is 2. The molecule has 0 heterocycles. The standard InChI is InChI=1S/C13H18F3NOS/c1-8-6-9(2)11(10(7-8)13(14,15)16)19(18)17-12(3,4)5/h6-7,17H,1-5H3. The summed E-state index contributed by atoms with van der Waals surface area (Å²) in [5.41, 5.74) is -0.491. The third-order valence-corrected chi connectivity index (χ3v) is 4.02. The van der Waals surface area contributed by atoms with Gasteiger partial charge in [-0.2, -0.15) is 13.2 Å². The maximum atomic E-state index is 13.0. The summed E-state index contributed by atoms with van der Waals surface area (Å²) in [7, 11) is -1.90. The Morgan fingerprint density at radius 2 is 1.63 bits per heavy atom. The van der Waals surface area contributed by atoms with Gasteiger partial charge >= 0.3 is 6.18 Å². The number of nitrogens with one attached hydrogen (secondary N) is 1. The number of hydrogen-bond donors (Lipinski definition) is 1. The highest BCUT2D eigenvalue weighted by Gasteiger charge is 2.36. The van der Waals surface area contributed by atoms with Crippen LogP contribution in [0.15, 0.2) is 17.0 Å². The van der Waals surface area contributed by atoms with E-state index in [0.717, 1.165) is 6.07 Å². The molecule has 1 aromatic carbocycles. The van der Waals surface area contributed by atoms with Crippen LogP contribution in [0, 0.1) is 13.8 Å². The van der Waals surface area contributed by atoms with Crippen LogP contribution in [-0.4, -0.2) is 9.75 Å². The van der Waals surface area contributed by atoms with Crippen molar-refractivity contribution in [1.29, 1.82) is 0 Å². The Bertz CT molecular complexity index is 504. The number of halogens is 3. The highest BCUT2D eigenvalue weighted by Crippen LogP contribution is 2.35. The molecule has 19 heavy (non-hydrogen) atoms. The van der Waals surface area contributed by atoms with Gasteiger partial charge in [-0.15, -0.1) is 0 Å². The van der Waals surface area contributed by atoms with Crippen molar-refractivity contribution in [3.8, 4) is 0 Å². The Hall–Kier alpha value is -0.880. The lowest BCUT2D eigenvalue weighted by Gasteiger charge is -2.22. The normalized spacial score (nSPS) is 14.5. The van der Waals surface area contributed by atoms with E-state index in [-0.39, 0.29) is 4.90 Å². The van der Waals surface area contributed by atoms with Gasteiger partial charge in [-0.1, -0.05) is 11.6 Å². The van der Waals surface area contributed by atoms with E-state index in [0.29, 0.717) is 11.1 Å². The minimum absolute atomic E-state index is 0.187. The molecule has 1 aromatic rings. The van der Waals surface area contributed by atoms with Crippen molar-refractivity contribution < 1.29 is 17.4 Å². The van der Waals surface area contributed by atoms with E-state index >= 15 is 0 Å². The van der Waals surface area contributed by atoms with Gasteiger partial charge in [0.1, 0.15) is 11.0 Å². The van der Waals surface area contributed by atoms with Crippen LogP contribution in [0.4, 0.5) is 13.2 Å². The maximum Gasteiger partial charge on any atom is 0.417 e. The molecule has 0 fully saturated rings. The highest BCUT2D eigenvalue weighted by molar-refractivity contribution is 7.83. The Morgan fingerprint density at radius 3 is 2.05 bits per heavy atom. The summed E-state index contributed by atoms with van der Waals surface area (Å²) in [4.78, 5) is -0.187. The van der Waals surface area contributed by atoms with Gasteiger partial charge in [0.05, 0.1) is 10.5 Å². The summed E-state index contributed by atoms with van der Waals surface area (Å²) in [5, 5.41) is 0. The Kier molecular flexibility index (Phi) is 4.47. The summed E-state index contributed by atoms with van der Waals surface area (Å²) in [6, 6.07) is 2.64. The molecule has 0 spiro atoms. The number of alkyl halides is 3. The molecule has 0 saturated heterocycles. The monoisotopic (exact) mass is 293 g/mol. The molecule has 1 N–H and O–H groups in total. The molecule has 1 atom stereocenters. The zero-order valence-electron chi connectivity index (χ0n) is 11.6. The van der Waals surface area contributed by atoms with Crippen LogP contribution >= 0.6 is 0 Å². The van der Waals surface area contributed by atoms with Gasteiger partial charge in [0.25, 0.3) is 0 Å². The van der Waals surface area contributed by atoms with E-state index in [2.05, 4.69) is 4.72 Å². The van der Waals surface area contributed by atoms with Crippen molar-refractivity contribution in [2.45, 2.75) is 51.2 Å². The molecule has 0 aliphatic heterocycles. The Balaban J connectivity index is 3.38. The second-order valence-electron chi connectivity index (χ2n) is 5.58. The van der Waals surface area contributed by atoms with Crippen LogP contribution in [0.3, 0.4) is 0 Å². The first-order valence-electron chi connectivity index (χ1n) is 5.80. The Morgan fingerprint density at radius 1 is 1.11 bits per heavy atom. The minimum Gasteiger partial charge on any atom is -0.237 e. The molecule has 108 valence electrons. The Labute approximate surface area is 114 Å². The van der Waals surface area contributed by atoms with E-state index in [9.17, 15) is 17.4 Å². The first-order valence-corrected chi connectivity index (χ1v) is 6.95. The maximum absolute atomic E-state index is 13.0. The first kappa shape index (κ1) is 16.2. The van der Waals surface area contributed by atoms with E-state index in [1.54, 1.807) is 40.7 Å². The molecule has 0 aliphatic rings. The van der Waals surface area contributed by atoms with E-state index in [1.807, 2.05) is 0 Å². The van der Waals surface area contributed by atoms with Crippen molar-refractivity contribution >= 4 is 11.0 Å². The van der Waals surface area contributed by atoms with Gasteiger partial charge in [0.15, 0.2) is 0 Å². The van der Waals surface area contributed by atoms with Crippen LogP contribution in [-0.2, 0) is 17.2 Å². The van der Waals surface area contributed by atoms with E-state index in [4.69, 9.17) is 0 Å². The molecule has 0 amide bonds. The van der Waals surface area contributed by atoms with Crippen molar-refractivity contribution in [3.05, 3.63) is 28.8 Å². The fraction of sp³-hybridized carbons (Fsp3) is 0.538. The lowest BCUT2D eigenvalue weighted by atomic mass is 10.1. The van der Waals surface area contributed by atoms with Crippen LogP contribution in [0.1, 0.15) is 37.5 Å². The highest BCUT2D eigenvalue weighted by atomic mass is 32.2. The summed E-state index contributed by atoms with van der Waals surface area (Å²) in [6.45, 7) is 8.39. The van der Waals surface area contributed by atoms with Crippen molar-refractivity contribution in [1.82, 2.24) is 4.72 Å². The molecular weight excluding hydrogens is 275 g/mol. The second kappa shape index (κ2) is 5.25. The van der Waals surface area contributed by atoms with E-state index < -0.39 is 28.3 Å². The van der Waals surface area contributed by atoms with Gasteiger partial charge in [0, 0.05) is 5.54 Å². The summed E-state index contributed by atoms with van der Waals surface area (Å²) in [6.07, 6.45) is -4.51. The topological polar surface area (TPSA) is 29.1 Å². The lowest BCUT2D eigenvalue weighted by Crippen LogP contribution is -2.38. The van der Waals surface area contributed by atoms with Crippen molar-refractivity contribution in [2.75, 3.05) is 0 Å². The molecule has 1 rings (SSSR count). The SMILES string of the molecule is Cc1cc(C)c(S(=O)NC(C)(C)C)c(C(F)(F)F)c1. The van der Waals surface area contributed by atoms with Gasteiger partial charge < -0.3 is 0 Å². The van der Waals surface area contributed by atoms with Gasteiger partial charge in [0.2, 0.25) is 0 Å². The number of benzene rings is 1. The minimum atomic E-state index is -4.51. The smallest absolute Gasteiger partial charge is 0.237 e. The van der Waals surface area contributed by atoms with Crippen molar-refractivity contribution in [2.24, 2.45) is 0 Å². The van der Waals surface area contributed by atoms with Crippen LogP contribution in [0.25, 0.3) is 0 Å². The van der Waals surface area contributed by atoms with Crippen LogP contribution in [0.5, 0.6) is 0 Å². The number of hydrogen-bond acceptors (Lipinski definition) is 1. The predicted octanol–water partition coefficient (Wildman–Crippen LogP) is 3.73. The second-order valence-corrected chi connectivity index (χ2v) is 6.73. The van der Waals surface area contributed by atoms with Crippen molar-refractivity contribution in [3.63, 3.8) is 0 Å². The molecular formula is C13H18F3NOS. The fourth-order valence-electron chi connectivity index (χ4n) is 1.74. The number of rotatable bonds is 2. The molecule has 1 unspecified atom stereocenters.